The van der Waals surface area contributed by atoms with Crippen molar-refractivity contribution in [1.29, 1.82) is 0 Å². The average molecular weight is 310 g/mol. The Hall–Kier alpha value is -1.10. The fourth-order valence-electron chi connectivity index (χ4n) is 5.82. The molecule has 0 spiro atoms. The van der Waals surface area contributed by atoms with Crippen LogP contribution in [0.4, 0.5) is 0 Å². The molecule has 2 saturated carbocycles. The highest BCUT2D eigenvalue weighted by atomic mass is 16.6. The van der Waals surface area contributed by atoms with Gasteiger partial charge in [0.05, 0.1) is 25.6 Å². The van der Waals surface area contributed by atoms with E-state index in [1.807, 2.05) is 6.92 Å². The molecule has 1 aliphatic heterocycles. The third-order valence-electron chi connectivity index (χ3n) is 6.87. The van der Waals surface area contributed by atoms with Crippen molar-refractivity contribution in [2.45, 2.75) is 58.0 Å². The third-order valence-corrected chi connectivity index (χ3v) is 6.87. The summed E-state index contributed by atoms with van der Waals surface area (Å²) in [4.78, 5) is 24.3. The highest BCUT2D eigenvalue weighted by Crippen LogP contribution is 2.65. The second kappa shape index (κ2) is 4.95. The molecular formula is C17H26O5. The Morgan fingerprint density at radius 1 is 1.32 bits per heavy atom. The van der Waals surface area contributed by atoms with Crippen molar-refractivity contribution in [3.8, 4) is 0 Å². The van der Waals surface area contributed by atoms with E-state index in [0.717, 1.165) is 25.7 Å². The number of rotatable bonds is 2. The summed E-state index contributed by atoms with van der Waals surface area (Å²) in [6.45, 7) is 4.05. The number of carbonyl (C=O) groups excluding carboxylic acids is 2. The van der Waals surface area contributed by atoms with Gasteiger partial charge in [-0.25, -0.2) is 0 Å². The normalized spacial score (nSPS) is 47.4. The summed E-state index contributed by atoms with van der Waals surface area (Å²) in [5.41, 5.74) is -1.42. The molecule has 0 aromatic rings. The van der Waals surface area contributed by atoms with Crippen molar-refractivity contribution < 1.29 is 24.2 Å². The van der Waals surface area contributed by atoms with Gasteiger partial charge in [0.15, 0.2) is 0 Å². The molecule has 1 N–H and O–H groups in total. The zero-order valence-corrected chi connectivity index (χ0v) is 13.7. The van der Waals surface area contributed by atoms with Crippen LogP contribution in [0.5, 0.6) is 0 Å². The number of esters is 2. The van der Waals surface area contributed by atoms with Crippen LogP contribution in [0.3, 0.4) is 0 Å². The van der Waals surface area contributed by atoms with E-state index in [2.05, 4.69) is 6.92 Å². The van der Waals surface area contributed by atoms with Crippen molar-refractivity contribution in [2.75, 3.05) is 13.7 Å². The Morgan fingerprint density at radius 3 is 2.68 bits per heavy atom. The molecule has 5 heteroatoms. The summed E-state index contributed by atoms with van der Waals surface area (Å²) >= 11 is 0. The first kappa shape index (κ1) is 15.8. The molecule has 2 aliphatic carbocycles. The zero-order chi connectivity index (χ0) is 16.2. The van der Waals surface area contributed by atoms with Crippen molar-refractivity contribution in [3.63, 3.8) is 0 Å². The minimum Gasteiger partial charge on any atom is -0.469 e. The summed E-state index contributed by atoms with van der Waals surface area (Å²) in [6.07, 6.45) is 4.50. The van der Waals surface area contributed by atoms with Crippen LogP contribution in [0.1, 0.15) is 52.4 Å². The van der Waals surface area contributed by atoms with Crippen LogP contribution in [0.2, 0.25) is 0 Å². The van der Waals surface area contributed by atoms with Gasteiger partial charge in [-0.2, -0.15) is 0 Å². The van der Waals surface area contributed by atoms with Gasteiger partial charge in [-0.15, -0.1) is 0 Å². The molecule has 5 nitrogen and oxygen atoms in total. The van der Waals surface area contributed by atoms with E-state index < -0.39 is 11.0 Å². The number of methoxy groups -OCH3 is 1. The Labute approximate surface area is 131 Å². The third kappa shape index (κ3) is 1.87. The van der Waals surface area contributed by atoms with Gasteiger partial charge < -0.3 is 14.6 Å². The lowest BCUT2D eigenvalue weighted by Gasteiger charge is -2.59. The molecule has 0 radical (unpaired) electrons. The Balaban J connectivity index is 2.02. The number of hydrogen-bond acceptors (Lipinski definition) is 5. The molecule has 0 bridgehead atoms. The van der Waals surface area contributed by atoms with E-state index in [1.54, 1.807) is 0 Å². The fourth-order valence-corrected chi connectivity index (χ4v) is 5.82. The molecular weight excluding hydrogens is 284 g/mol. The van der Waals surface area contributed by atoms with Gasteiger partial charge in [0.25, 0.3) is 0 Å². The van der Waals surface area contributed by atoms with E-state index >= 15 is 0 Å². The predicted octanol–water partition coefficient (Wildman–Crippen LogP) is 2.06. The predicted molar refractivity (Wildman–Crippen MR) is 78.8 cm³/mol. The highest BCUT2D eigenvalue weighted by molar-refractivity contribution is 5.77. The Kier molecular flexibility index (Phi) is 3.55. The minimum absolute atomic E-state index is 0.0134. The maximum Gasteiger partial charge on any atom is 0.311 e. The molecule has 0 aromatic heterocycles. The second-order valence-corrected chi connectivity index (χ2v) is 7.81. The molecule has 124 valence electrons. The van der Waals surface area contributed by atoms with Crippen molar-refractivity contribution in [1.82, 2.24) is 0 Å². The lowest BCUT2D eigenvalue weighted by molar-refractivity contribution is -0.194. The minimum atomic E-state index is -0.739. The molecule has 0 amide bonds. The number of carbonyl (C=O) groups is 2. The monoisotopic (exact) mass is 310 g/mol. The summed E-state index contributed by atoms with van der Waals surface area (Å²) in [5.74, 6) is -0.211. The first-order valence-corrected chi connectivity index (χ1v) is 8.23. The standard InChI is InChI=1S/C17H26O5/c1-15-6-4-7-16(2,14(20)21-3)11(15)5-8-17(10-18)12(15)9-13(19)22-17/h11-12,18H,4-10H2,1-3H3/t11?,12-,15-,16-,17+/m0/s1. The van der Waals surface area contributed by atoms with E-state index in [9.17, 15) is 14.7 Å². The smallest absolute Gasteiger partial charge is 0.311 e. The summed E-state index contributed by atoms with van der Waals surface area (Å²) in [5, 5.41) is 9.89. The Bertz CT molecular complexity index is 503. The summed E-state index contributed by atoms with van der Waals surface area (Å²) < 4.78 is 10.7. The van der Waals surface area contributed by atoms with Crippen molar-refractivity contribution >= 4 is 11.9 Å². The topological polar surface area (TPSA) is 72.8 Å². The largest absolute Gasteiger partial charge is 0.469 e. The van der Waals surface area contributed by atoms with Gasteiger partial charge in [0, 0.05) is 5.92 Å². The highest BCUT2D eigenvalue weighted by Gasteiger charge is 2.66. The van der Waals surface area contributed by atoms with E-state index in [-0.39, 0.29) is 35.8 Å². The van der Waals surface area contributed by atoms with Gasteiger partial charge in [-0.3, -0.25) is 9.59 Å². The van der Waals surface area contributed by atoms with Crippen LogP contribution in [0.15, 0.2) is 0 Å². The molecule has 1 saturated heterocycles. The molecule has 3 rings (SSSR count). The van der Waals surface area contributed by atoms with Crippen LogP contribution < -0.4 is 0 Å². The van der Waals surface area contributed by atoms with Gasteiger partial charge >= 0.3 is 11.9 Å². The lowest BCUT2D eigenvalue weighted by atomic mass is 9.45. The molecule has 1 unspecified atom stereocenters. The number of ether oxygens (including phenoxy) is 2. The average Bonchev–Trinajstić information content (AvgIpc) is 2.84. The molecule has 22 heavy (non-hydrogen) atoms. The van der Waals surface area contributed by atoms with Gasteiger partial charge in [0.1, 0.15) is 5.60 Å². The number of aliphatic hydroxyl groups is 1. The van der Waals surface area contributed by atoms with E-state index in [4.69, 9.17) is 9.47 Å². The van der Waals surface area contributed by atoms with Crippen LogP contribution in [-0.4, -0.2) is 36.4 Å². The summed E-state index contributed by atoms with van der Waals surface area (Å²) in [6, 6.07) is 0. The molecule has 0 aromatic carbocycles. The molecule has 5 atom stereocenters. The molecule has 1 heterocycles. The number of aliphatic hydroxyl groups excluding tert-OH is 1. The Morgan fingerprint density at radius 2 is 2.05 bits per heavy atom. The number of fused-ring (bicyclic) bond motifs is 3. The second-order valence-electron chi connectivity index (χ2n) is 7.81. The van der Waals surface area contributed by atoms with Crippen LogP contribution in [0.25, 0.3) is 0 Å². The molecule has 3 fully saturated rings. The first-order valence-electron chi connectivity index (χ1n) is 8.23. The SMILES string of the molecule is COC(=O)[C@@]1(C)CCC[C@@]2(C)C1CC[C@]1(CO)OC(=O)C[C@H]12. The van der Waals surface area contributed by atoms with Crippen LogP contribution in [0, 0.1) is 22.7 Å². The van der Waals surface area contributed by atoms with Crippen molar-refractivity contribution in [3.05, 3.63) is 0 Å². The fraction of sp³-hybridized carbons (Fsp3) is 0.882. The lowest BCUT2D eigenvalue weighted by Crippen LogP contribution is -2.60. The summed E-state index contributed by atoms with van der Waals surface area (Å²) in [7, 11) is 1.45. The maximum absolute atomic E-state index is 12.4. The van der Waals surface area contributed by atoms with Gasteiger partial charge in [-0.05, 0) is 43.9 Å². The molecule has 3 aliphatic rings. The van der Waals surface area contributed by atoms with Crippen molar-refractivity contribution in [2.24, 2.45) is 22.7 Å². The van der Waals surface area contributed by atoms with Gasteiger partial charge in [-0.1, -0.05) is 13.3 Å². The number of hydrogen-bond donors (Lipinski definition) is 1. The maximum atomic E-state index is 12.4. The van der Waals surface area contributed by atoms with Crippen LogP contribution in [-0.2, 0) is 19.1 Å². The first-order chi connectivity index (χ1) is 10.3. The quantitative estimate of drug-likeness (QED) is 0.790. The van der Waals surface area contributed by atoms with E-state index in [1.165, 1.54) is 7.11 Å². The van der Waals surface area contributed by atoms with Crippen LogP contribution >= 0.6 is 0 Å². The zero-order valence-electron chi connectivity index (χ0n) is 13.7. The van der Waals surface area contributed by atoms with E-state index in [0.29, 0.717) is 12.8 Å². The van der Waals surface area contributed by atoms with Gasteiger partial charge in [0.2, 0.25) is 0 Å².